The lowest BCUT2D eigenvalue weighted by Crippen LogP contribution is -2.39. The molecule has 3 rings (SSSR count). The van der Waals surface area contributed by atoms with Gasteiger partial charge in [0.2, 0.25) is 0 Å². The molecule has 0 aromatic heterocycles. The summed E-state index contributed by atoms with van der Waals surface area (Å²) in [4.78, 5) is 0. The van der Waals surface area contributed by atoms with E-state index in [2.05, 4.69) is 30.4 Å². The van der Waals surface area contributed by atoms with Gasteiger partial charge in [-0.2, -0.15) is 0 Å². The first-order valence-electron chi connectivity index (χ1n) is 7.86. The zero-order chi connectivity index (χ0) is 13.9. The molecule has 0 bridgehead atoms. The van der Waals surface area contributed by atoms with Gasteiger partial charge < -0.3 is 14.8 Å². The summed E-state index contributed by atoms with van der Waals surface area (Å²) in [5, 5.41) is 3.81. The average molecular weight is 275 g/mol. The molecule has 1 aromatic carbocycles. The summed E-state index contributed by atoms with van der Waals surface area (Å²) in [7, 11) is 1.83. The van der Waals surface area contributed by atoms with Gasteiger partial charge in [0, 0.05) is 25.6 Å². The topological polar surface area (TPSA) is 30.5 Å². The predicted molar refractivity (Wildman–Crippen MR) is 80.2 cm³/mol. The summed E-state index contributed by atoms with van der Waals surface area (Å²) in [5.74, 6) is 1.07. The molecule has 3 atom stereocenters. The Morgan fingerprint density at radius 2 is 2.30 bits per heavy atom. The maximum absolute atomic E-state index is 5.60. The van der Waals surface area contributed by atoms with Crippen molar-refractivity contribution in [2.75, 3.05) is 13.7 Å². The van der Waals surface area contributed by atoms with Crippen LogP contribution in [0.15, 0.2) is 18.2 Å². The van der Waals surface area contributed by atoms with Crippen LogP contribution in [0, 0.1) is 0 Å². The number of nitrogens with one attached hydrogen (secondary N) is 1. The third-order valence-electron chi connectivity index (χ3n) is 4.69. The fourth-order valence-electron chi connectivity index (χ4n) is 3.53. The third-order valence-corrected chi connectivity index (χ3v) is 4.69. The molecule has 1 aromatic rings. The smallest absolute Gasteiger partial charge is 0.122 e. The van der Waals surface area contributed by atoms with E-state index in [1.54, 1.807) is 0 Å². The van der Waals surface area contributed by atoms with Crippen molar-refractivity contribution in [1.29, 1.82) is 0 Å². The first kappa shape index (κ1) is 13.9. The Kier molecular flexibility index (Phi) is 4.27. The zero-order valence-corrected chi connectivity index (χ0v) is 12.5. The van der Waals surface area contributed by atoms with E-state index in [1.165, 1.54) is 30.4 Å². The van der Waals surface area contributed by atoms with E-state index in [1.807, 2.05) is 7.11 Å². The predicted octanol–water partition coefficient (Wildman–Crippen LogP) is 3.23. The highest BCUT2D eigenvalue weighted by atomic mass is 16.5. The van der Waals surface area contributed by atoms with Gasteiger partial charge in [-0.1, -0.05) is 19.1 Å². The van der Waals surface area contributed by atoms with Crippen molar-refractivity contribution in [3.63, 3.8) is 0 Å². The van der Waals surface area contributed by atoms with Crippen molar-refractivity contribution in [3.05, 3.63) is 29.3 Å². The largest absolute Gasteiger partial charge is 0.493 e. The fourth-order valence-corrected chi connectivity index (χ4v) is 3.53. The van der Waals surface area contributed by atoms with Gasteiger partial charge in [-0.25, -0.2) is 0 Å². The van der Waals surface area contributed by atoms with Gasteiger partial charge in [0.05, 0.1) is 12.7 Å². The van der Waals surface area contributed by atoms with E-state index in [-0.39, 0.29) is 0 Å². The highest BCUT2D eigenvalue weighted by Gasteiger charge is 2.29. The van der Waals surface area contributed by atoms with Crippen LogP contribution < -0.4 is 10.1 Å². The first-order chi connectivity index (χ1) is 9.81. The average Bonchev–Trinajstić information content (AvgIpc) is 3.12. The maximum Gasteiger partial charge on any atom is 0.122 e. The Morgan fingerprint density at radius 1 is 1.40 bits per heavy atom. The summed E-state index contributed by atoms with van der Waals surface area (Å²) in [6.45, 7) is 3.08. The summed E-state index contributed by atoms with van der Waals surface area (Å²) < 4.78 is 11.2. The summed E-state index contributed by atoms with van der Waals surface area (Å²) in [6, 6.07) is 7.57. The van der Waals surface area contributed by atoms with Crippen molar-refractivity contribution < 1.29 is 9.47 Å². The summed E-state index contributed by atoms with van der Waals surface area (Å²) in [6.07, 6.45) is 6.20. The zero-order valence-electron chi connectivity index (χ0n) is 12.5. The monoisotopic (exact) mass is 275 g/mol. The van der Waals surface area contributed by atoms with Crippen LogP contribution in [0.25, 0.3) is 0 Å². The van der Waals surface area contributed by atoms with Gasteiger partial charge in [-0.3, -0.25) is 0 Å². The molecule has 1 aliphatic carbocycles. The minimum absolute atomic E-state index is 0.377. The van der Waals surface area contributed by atoms with Gasteiger partial charge in [-0.05, 0) is 42.9 Å². The molecule has 3 unspecified atom stereocenters. The van der Waals surface area contributed by atoms with Crippen LogP contribution in [0.5, 0.6) is 5.75 Å². The number of methoxy groups -OCH3 is 1. The van der Waals surface area contributed by atoms with Crippen LogP contribution in [0.2, 0.25) is 0 Å². The molecule has 1 N–H and O–H groups in total. The highest BCUT2D eigenvalue weighted by Crippen LogP contribution is 2.31. The van der Waals surface area contributed by atoms with E-state index in [9.17, 15) is 0 Å². The molecule has 0 amide bonds. The summed E-state index contributed by atoms with van der Waals surface area (Å²) >= 11 is 0. The molecular formula is C17H25NO2. The van der Waals surface area contributed by atoms with Gasteiger partial charge in [-0.15, -0.1) is 0 Å². The van der Waals surface area contributed by atoms with Crippen molar-refractivity contribution in [1.82, 2.24) is 5.32 Å². The van der Waals surface area contributed by atoms with E-state index in [0.717, 1.165) is 25.2 Å². The second kappa shape index (κ2) is 6.15. The number of benzene rings is 1. The molecule has 3 heteroatoms. The van der Waals surface area contributed by atoms with Crippen LogP contribution in [-0.4, -0.2) is 25.9 Å². The number of hydrogen-bond acceptors (Lipinski definition) is 3. The number of ether oxygens (including phenoxy) is 2. The van der Waals surface area contributed by atoms with Crippen LogP contribution in [0.4, 0.5) is 0 Å². The molecule has 1 aliphatic heterocycles. The molecule has 0 radical (unpaired) electrons. The number of fused-ring (bicyclic) bond motifs is 1. The molecule has 2 aliphatic rings. The quantitative estimate of drug-likeness (QED) is 0.895. The Hall–Kier alpha value is -1.06. The Bertz CT molecular complexity index is 460. The molecule has 3 nitrogen and oxygen atoms in total. The van der Waals surface area contributed by atoms with E-state index in [0.29, 0.717) is 18.2 Å². The molecule has 110 valence electrons. The van der Waals surface area contributed by atoms with Crippen molar-refractivity contribution in [2.45, 2.75) is 57.2 Å². The second-order valence-corrected chi connectivity index (χ2v) is 5.90. The number of rotatable bonds is 5. The van der Waals surface area contributed by atoms with Crippen LogP contribution in [-0.2, 0) is 11.2 Å². The van der Waals surface area contributed by atoms with Gasteiger partial charge in [0.25, 0.3) is 0 Å². The standard InChI is InChI=1S/C17H25NO2/c1-3-14(18-15-5-4-6-17(15)19-2)12-7-8-16-13(11-12)9-10-20-16/h7-8,11,14-15,17-18H,3-6,9-10H2,1-2H3. The van der Waals surface area contributed by atoms with Crippen molar-refractivity contribution in [3.8, 4) is 5.75 Å². The molecule has 1 saturated carbocycles. The van der Waals surface area contributed by atoms with Crippen LogP contribution in [0.1, 0.15) is 49.8 Å². The first-order valence-corrected chi connectivity index (χ1v) is 7.86. The fraction of sp³-hybridized carbons (Fsp3) is 0.647. The third kappa shape index (κ3) is 2.70. The van der Waals surface area contributed by atoms with Gasteiger partial charge >= 0.3 is 0 Å². The molecule has 0 saturated heterocycles. The van der Waals surface area contributed by atoms with Gasteiger partial charge in [0.15, 0.2) is 0 Å². The van der Waals surface area contributed by atoms with Crippen LogP contribution in [0.3, 0.4) is 0 Å². The lowest BCUT2D eigenvalue weighted by molar-refractivity contribution is 0.0810. The molecular weight excluding hydrogens is 250 g/mol. The van der Waals surface area contributed by atoms with E-state index < -0.39 is 0 Å². The van der Waals surface area contributed by atoms with E-state index >= 15 is 0 Å². The molecule has 1 fully saturated rings. The summed E-state index contributed by atoms with van der Waals surface area (Å²) in [5.41, 5.74) is 2.75. The lowest BCUT2D eigenvalue weighted by Gasteiger charge is -2.26. The Balaban J connectivity index is 1.73. The molecule has 1 heterocycles. The second-order valence-electron chi connectivity index (χ2n) is 5.90. The lowest BCUT2D eigenvalue weighted by atomic mass is 9.99. The Labute approximate surface area is 121 Å². The van der Waals surface area contributed by atoms with Crippen molar-refractivity contribution >= 4 is 0 Å². The minimum atomic E-state index is 0.377. The normalized spacial score (nSPS) is 26.3. The molecule has 0 spiro atoms. The SMILES string of the molecule is CCC(NC1CCCC1OC)c1ccc2c(c1)CCO2. The number of hydrogen-bond donors (Lipinski definition) is 1. The molecule has 20 heavy (non-hydrogen) atoms. The van der Waals surface area contributed by atoms with E-state index in [4.69, 9.17) is 9.47 Å². The minimum Gasteiger partial charge on any atom is -0.493 e. The maximum atomic E-state index is 5.60. The van der Waals surface area contributed by atoms with Crippen LogP contribution >= 0.6 is 0 Å². The highest BCUT2D eigenvalue weighted by molar-refractivity contribution is 5.40. The van der Waals surface area contributed by atoms with Gasteiger partial charge in [0.1, 0.15) is 5.75 Å². The van der Waals surface area contributed by atoms with Crippen molar-refractivity contribution in [2.24, 2.45) is 0 Å². The Morgan fingerprint density at radius 3 is 3.10 bits per heavy atom.